The van der Waals surface area contributed by atoms with Crippen LogP contribution in [0.4, 0.5) is 0 Å². The van der Waals surface area contributed by atoms with E-state index in [1.54, 1.807) is 0 Å². The number of aromatic amines is 1. The van der Waals surface area contributed by atoms with Gasteiger partial charge in [0.05, 0.1) is 23.5 Å². The molecule has 3 nitrogen and oxygen atoms in total. The van der Waals surface area contributed by atoms with Gasteiger partial charge >= 0.3 is 0 Å². The lowest BCUT2D eigenvalue weighted by atomic mass is 10.7. The molecule has 0 amide bonds. The highest BCUT2D eigenvalue weighted by Crippen LogP contribution is 2.00. The summed E-state index contributed by atoms with van der Waals surface area (Å²) in [6, 6.07) is 0. The lowest BCUT2D eigenvalue weighted by molar-refractivity contribution is 0.415. The van der Waals surface area contributed by atoms with Crippen LogP contribution in [0.1, 0.15) is 4.11 Å². The van der Waals surface area contributed by atoms with Crippen molar-refractivity contribution in [3.63, 3.8) is 0 Å². The van der Waals surface area contributed by atoms with Gasteiger partial charge in [0, 0.05) is 0 Å². The maximum absolute atomic E-state index is 6.68. The minimum Gasteiger partial charge on any atom is -0.493 e. The molecule has 0 unspecified atom stereocenters. The monoisotopic (exact) mass is 101 g/mol. The SMILES string of the molecule is [2H]C([2H])([2H])Oc1cn[nH]c1. The number of H-pyrrole nitrogens is 1. The molecule has 0 spiro atoms. The van der Waals surface area contributed by atoms with E-state index in [1.165, 1.54) is 12.4 Å². The normalized spacial score (nSPS) is 16.9. The molecule has 0 aliphatic heterocycles. The van der Waals surface area contributed by atoms with Gasteiger partial charge in [-0.1, -0.05) is 0 Å². The first-order valence-corrected chi connectivity index (χ1v) is 1.76. The number of aromatic nitrogens is 2. The lowest BCUT2D eigenvalue weighted by Gasteiger charge is -1.85. The third-order valence-corrected chi connectivity index (χ3v) is 0.591. The van der Waals surface area contributed by atoms with Gasteiger partial charge in [-0.05, 0) is 0 Å². The van der Waals surface area contributed by atoms with Crippen LogP contribution in [0.3, 0.4) is 0 Å². The van der Waals surface area contributed by atoms with E-state index < -0.39 is 7.04 Å². The Kier molecular flexibility index (Phi) is 0.435. The number of ether oxygens (including phenoxy) is 1. The smallest absolute Gasteiger partial charge is 0.156 e. The predicted octanol–water partition coefficient (Wildman–Crippen LogP) is 0.418. The van der Waals surface area contributed by atoms with Gasteiger partial charge in [-0.3, -0.25) is 5.10 Å². The van der Waals surface area contributed by atoms with E-state index in [-0.39, 0.29) is 5.75 Å². The number of hydrogen-bond donors (Lipinski definition) is 1. The molecule has 7 heavy (non-hydrogen) atoms. The van der Waals surface area contributed by atoms with Crippen molar-refractivity contribution in [2.45, 2.75) is 0 Å². The summed E-state index contributed by atoms with van der Waals surface area (Å²) in [5.41, 5.74) is 0. The van der Waals surface area contributed by atoms with Gasteiger partial charge < -0.3 is 4.74 Å². The molecule has 1 aromatic rings. The van der Waals surface area contributed by atoms with Gasteiger partial charge in [-0.2, -0.15) is 5.10 Å². The van der Waals surface area contributed by atoms with E-state index in [4.69, 9.17) is 4.11 Å². The van der Waals surface area contributed by atoms with Gasteiger partial charge in [-0.15, -0.1) is 0 Å². The maximum atomic E-state index is 6.68. The zero-order chi connectivity index (χ0) is 7.61. The fourth-order valence-corrected chi connectivity index (χ4v) is 0.295. The highest BCUT2D eigenvalue weighted by atomic mass is 16.5. The summed E-state index contributed by atoms with van der Waals surface area (Å²) < 4.78 is 24.5. The van der Waals surface area contributed by atoms with Gasteiger partial charge in [0.15, 0.2) is 5.75 Å². The van der Waals surface area contributed by atoms with Crippen LogP contribution in [0.2, 0.25) is 0 Å². The molecule has 0 aliphatic carbocycles. The zero-order valence-electron chi connectivity index (χ0n) is 6.51. The Bertz CT molecular complexity index is 193. The van der Waals surface area contributed by atoms with Crippen LogP contribution in [0, 0.1) is 0 Å². The van der Waals surface area contributed by atoms with E-state index in [0.717, 1.165) is 0 Å². The second kappa shape index (κ2) is 1.64. The third-order valence-electron chi connectivity index (χ3n) is 0.591. The summed E-state index contributed by atoms with van der Waals surface area (Å²) in [5.74, 6) is 0.222. The van der Waals surface area contributed by atoms with Crippen molar-refractivity contribution in [3.8, 4) is 5.75 Å². The van der Waals surface area contributed by atoms with Crippen LogP contribution in [0.15, 0.2) is 12.4 Å². The average Bonchev–Trinajstić information content (AvgIpc) is 2.12. The van der Waals surface area contributed by atoms with Crippen LogP contribution in [-0.2, 0) is 0 Å². The molecule has 0 bridgehead atoms. The molecule has 0 saturated carbocycles. The highest BCUT2D eigenvalue weighted by Gasteiger charge is 1.83. The summed E-state index contributed by atoms with van der Waals surface area (Å²) in [6.07, 6.45) is 2.67. The molecule has 1 aromatic heterocycles. The van der Waals surface area contributed by atoms with E-state index in [1.807, 2.05) is 0 Å². The summed E-state index contributed by atoms with van der Waals surface area (Å²) in [7, 11) is -2.39. The fraction of sp³-hybridized carbons (Fsp3) is 0.250. The molecule has 1 rings (SSSR count). The van der Waals surface area contributed by atoms with Crippen molar-refractivity contribution in [3.05, 3.63) is 12.4 Å². The molecule has 0 aromatic carbocycles. The number of methoxy groups -OCH3 is 1. The van der Waals surface area contributed by atoms with Gasteiger partial charge in [0.1, 0.15) is 0 Å². The van der Waals surface area contributed by atoms with Crippen LogP contribution >= 0.6 is 0 Å². The molecule has 38 valence electrons. The van der Waals surface area contributed by atoms with E-state index in [0.29, 0.717) is 0 Å². The largest absolute Gasteiger partial charge is 0.493 e. The predicted molar refractivity (Wildman–Crippen MR) is 25.1 cm³/mol. The summed E-state index contributed by atoms with van der Waals surface area (Å²) in [6.45, 7) is 0. The van der Waals surface area contributed by atoms with Crippen molar-refractivity contribution in [1.82, 2.24) is 10.2 Å². The first-order valence-electron chi connectivity index (χ1n) is 3.26. The minimum absolute atomic E-state index is 0.222. The van der Waals surface area contributed by atoms with E-state index in [2.05, 4.69) is 14.9 Å². The molecule has 1 heterocycles. The van der Waals surface area contributed by atoms with Crippen molar-refractivity contribution in [2.75, 3.05) is 7.04 Å². The molecule has 1 N–H and O–H groups in total. The van der Waals surface area contributed by atoms with Crippen molar-refractivity contribution < 1.29 is 8.85 Å². The topological polar surface area (TPSA) is 37.9 Å². The Labute approximate surface area is 45.5 Å². The Morgan fingerprint density at radius 1 is 2.14 bits per heavy atom. The highest BCUT2D eigenvalue weighted by molar-refractivity contribution is 5.09. The summed E-state index contributed by atoms with van der Waals surface area (Å²) in [5, 5.41) is 5.93. The van der Waals surface area contributed by atoms with Gasteiger partial charge in [0.25, 0.3) is 0 Å². The number of nitrogens with one attached hydrogen (secondary N) is 1. The van der Waals surface area contributed by atoms with Crippen LogP contribution in [0.25, 0.3) is 0 Å². The average molecular weight is 101 g/mol. The second-order valence-corrected chi connectivity index (χ2v) is 1.04. The quantitative estimate of drug-likeness (QED) is 0.556. The Hall–Kier alpha value is -0.990. The van der Waals surface area contributed by atoms with Gasteiger partial charge in [0.2, 0.25) is 0 Å². The van der Waals surface area contributed by atoms with Crippen molar-refractivity contribution in [2.24, 2.45) is 0 Å². The first-order chi connectivity index (χ1) is 4.58. The number of hydrogen-bond acceptors (Lipinski definition) is 2. The van der Waals surface area contributed by atoms with E-state index in [9.17, 15) is 0 Å². The molecule has 0 fully saturated rings. The Morgan fingerprint density at radius 2 is 3.14 bits per heavy atom. The first kappa shape index (κ1) is 1.86. The molecule has 0 radical (unpaired) electrons. The standard InChI is InChI=1S/C4H6N2O/c1-7-4-2-5-6-3-4/h2-3H,1H3,(H,5,6)/i1D3. The maximum Gasteiger partial charge on any atom is 0.156 e. The zero-order valence-corrected chi connectivity index (χ0v) is 3.51. The Balaban J connectivity index is 2.57. The van der Waals surface area contributed by atoms with Crippen LogP contribution in [0.5, 0.6) is 5.75 Å². The third kappa shape index (κ3) is 0.707. The molecular formula is C4H6N2O. The molecular weight excluding hydrogens is 92.1 g/mol. The fourth-order valence-electron chi connectivity index (χ4n) is 0.295. The molecule has 0 aliphatic rings. The van der Waals surface area contributed by atoms with Gasteiger partial charge in [-0.25, -0.2) is 0 Å². The Morgan fingerprint density at radius 3 is 3.71 bits per heavy atom. The van der Waals surface area contributed by atoms with Crippen molar-refractivity contribution >= 4 is 0 Å². The minimum atomic E-state index is -2.39. The molecule has 0 saturated heterocycles. The summed E-state index contributed by atoms with van der Waals surface area (Å²) in [4.78, 5) is 0. The lowest BCUT2D eigenvalue weighted by Crippen LogP contribution is -1.75. The number of rotatable bonds is 1. The van der Waals surface area contributed by atoms with E-state index >= 15 is 0 Å². The molecule has 3 heteroatoms. The van der Waals surface area contributed by atoms with Crippen LogP contribution < -0.4 is 4.74 Å². The second-order valence-electron chi connectivity index (χ2n) is 1.04. The summed E-state index contributed by atoms with van der Waals surface area (Å²) >= 11 is 0. The van der Waals surface area contributed by atoms with Crippen molar-refractivity contribution in [1.29, 1.82) is 0 Å². The molecule has 0 atom stereocenters. The number of nitrogens with zero attached hydrogens (tertiary/aromatic N) is 1. The van der Waals surface area contributed by atoms with Crippen LogP contribution in [-0.4, -0.2) is 17.2 Å².